The van der Waals surface area contributed by atoms with Crippen molar-refractivity contribution in [2.24, 2.45) is 0 Å². The maximum Gasteiger partial charge on any atom is 0.128 e. The zero-order valence-corrected chi connectivity index (χ0v) is 9.62. The van der Waals surface area contributed by atoms with E-state index in [2.05, 4.69) is 17.1 Å². The Morgan fingerprint density at radius 2 is 2.06 bits per heavy atom. The number of methoxy groups -OCH3 is 1. The third kappa shape index (κ3) is 1.49. The number of hydrogen-bond donors (Lipinski definition) is 1. The van der Waals surface area contributed by atoms with Crippen molar-refractivity contribution in [3.8, 4) is 5.75 Å². The Bertz CT molecular complexity index is 494. The first-order valence-electron chi connectivity index (χ1n) is 6.04. The molecule has 0 spiro atoms. The van der Waals surface area contributed by atoms with Crippen LogP contribution in [0.25, 0.3) is 10.9 Å². The average molecular weight is 215 g/mol. The van der Waals surface area contributed by atoms with Crippen LogP contribution in [0.4, 0.5) is 0 Å². The standard InChI is InChI=1S/C14H17NO/c1-16-14-8-4-7-12-11(14)9-13(15-12)10-5-2-3-6-10/h4,7-10,15H,2-3,5-6H2,1H3. The van der Waals surface area contributed by atoms with Crippen molar-refractivity contribution in [2.45, 2.75) is 31.6 Å². The van der Waals surface area contributed by atoms with E-state index in [0.717, 1.165) is 11.7 Å². The van der Waals surface area contributed by atoms with E-state index in [0.29, 0.717) is 0 Å². The molecule has 0 bridgehead atoms. The van der Waals surface area contributed by atoms with Crippen LogP contribution in [0.3, 0.4) is 0 Å². The predicted molar refractivity (Wildman–Crippen MR) is 66.1 cm³/mol. The summed E-state index contributed by atoms with van der Waals surface area (Å²) in [5, 5.41) is 1.21. The molecule has 0 aliphatic heterocycles. The van der Waals surface area contributed by atoms with Crippen molar-refractivity contribution in [1.82, 2.24) is 4.98 Å². The van der Waals surface area contributed by atoms with Crippen LogP contribution in [0.5, 0.6) is 5.75 Å². The Labute approximate surface area is 95.6 Å². The normalized spacial score (nSPS) is 17.1. The van der Waals surface area contributed by atoms with Crippen LogP contribution in [-0.2, 0) is 0 Å². The minimum atomic E-state index is 0.733. The smallest absolute Gasteiger partial charge is 0.128 e. The fourth-order valence-electron chi connectivity index (χ4n) is 2.78. The molecule has 2 heteroatoms. The highest BCUT2D eigenvalue weighted by atomic mass is 16.5. The van der Waals surface area contributed by atoms with Gasteiger partial charge in [-0.25, -0.2) is 0 Å². The zero-order valence-electron chi connectivity index (χ0n) is 9.62. The van der Waals surface area contributed by atoms with Gasteiger partial charge in [0.2, 0.25) is 0 Å². The van der Waals surface area contributed by atoms with Crippen molar-refractivity contribution in [3.05, 3.63) is 30.0 Å². The maximum atomic E-state index is 5.38. The van der Waals surface area contributed by atoms with Gasteiger partial charge in [0, 0.05) is 16.6 Å². The molecule has 0 unspecified atom stereocenters. The van der Waals surface area contributed by atoms with E-state index in [1.165, 1.54) is 42.3 Å². The molecule has 1 heterocycles. The molecule has 2 aromatic rings. The van der Waals surface area contributed by atoms with Crippen molar-refractivity contribution in [3.63, 3.8) is 0 Å². The Kier molecular flexibility index (Phi) is 2.35. The van der Waals surface area contributed by atoms with Crippen LogP contribution in [0.15, 0.2) is 24.3 Å². The van der Waals surface area contributed by atoms with Gasteiger partial charge in [0.25, 0.3) is 0 Å². The summed E-state index contributed by atoms with van der Waals surface area (Å²) in [6.07, 6.45) is 5.40. The first kappa shape index (κ1) is 9.76. The largest absolute Gasteiger partial charge is 0.496 e. The number of H-pyrrole nitrogens is 1. The second-order valence-electron chi connectivity index (χ2n) is 4.63. The van der Waals surface area contributed by atoms with Crippen molar-refractivity contribution >= 4 is 10.9 Å². The van der Waals surface area contributed by atoms with E-state index < -0.39 is 0 Å². The van der Waals surface area contributed by atoms with Gasteiger partial charge in [-0.05, 0) is 37.0 Å². The minimum Gasteiger partial charge on any atom is -0.496 e. The number of ether oxygens (including phenoxy) is 1. The monoisotopic (exact) mass is 215 g/mol. The van der Waals surface area contributed by atoms with E-state index in [9.17, 15) is 0 Å². The first-order chi connectivity index (χ1) is 7.88. The zero-order chi connectivity index (χ0) is 11.0. The number of aromatic nitrogens is 1. The van der Waals surface area contributed by atoms with Gasteiger partial charge in [-0.15, -0.1) is 0 Å². The molecule has 1 N–H and O–H groups in total. The third-order valence-corrected chi connectivity index (χ3v) is 3.66. The maximum absolute atomic E-state index is 5.38. The molecule has 1 aromatic heterocycles. The van der Waals surface area contributed by atoms with Gasteiger partial charge in [-0.2, -0.15) is 0 Å². The van der Waals surface area contributed by atoms with E-state index in [4.69, 9.17) is 4.74 Å². The average Bonchev–Trinajstić information content (AvgIpc) is 2.96. The Morgan fingerprint density at radius 1 is 1.25 bits per heavy atom. The van der Waals surface area contributed by atoms with E-state index in [1.807, 2.05) is 12.1 Å². The highest BCUT2D eigenvalue weighted by molar-refractivity contribution is 5.86. The van der Waals surface area contributed by atoms with Gasteiger partial charge < -0.3 is 9.72 Å². The molecule has 1 aliphatic carbocycles. The van der Waals surface area contributed by atoms with Crippen molar-refractivity contribution in [2.75, 3.05) is 7.11 Å². The summed E-state index contributed by atoms with van der Waals surface area (Å²) < 4.78 is 5.38. The molecule has 1 saturated carbocycles. The number of fused-ring (bicyclic) bond motifs is 1. The summed E-state index contributed by atoms with van der Waals surface area (Å²) in [5.74, 6) is 1.70. The van der Waals surface area contributed by atoms with Crippen LogP contribution in [0.2, 0.25) is 0 Å². The molecule has 0 atom stereocenters. The van der Waals surface area contributed by atoms with E-state index in [1.54, 1.807) is 7.11 Å². The summed E-state index contributed by atoms with van der Waals surface area (Å²) in [7, 11) is 1.73. The number of nitrogens with one attached hydrogen (secondary N) is 1. The lowest BCUT2D eigenvalue weighted by Crippen LogP contribution is -1.90. The number of rotatable bonds is 2. The SMILES string of the molecule is COc1cccc2[nH]c(C3CCCC3)cc12. The number of hydrogen-bond acceptors (Lipinski definition) is 1. The summed E-state index contributed by atoms with van der Waals surface area (Å²) >= 11 is 0. The summed E-state index contributed by atoms with van der Waals surface area (Å²) in [6.45, 7) is 0. The lowest BCUT2D eigenvalue weighted by Gasteiger charge is -2.04. The highest BCUT2D eigenvalue weighted by Gasteiger charge is 2.19. The van der Waals surface area contributed by atoms with E-state index in [-0.39, 0.29) is 0 Å². The molecule has 0 radical (unpaired) electrons. The van der Waals surface area contributed by atoms with Crippen LogP contribution in [0.1, 0.15) is 37.3 Å². The first-order valence-corrected chi connectivity index (χ1v) is 6.04. The molecule has 3 rings (SSSR count). The Balaban J connectivity index is 2.07. The fraction of sp³-hybridized carbons (Fsp3) is 0.429. The molecule has 84 valence electrons. The fourth-order valence-corrected chi connectivity index (χ4v) is 2.78. The van der Waals surface area contributed by atoms with Gasteiger partial charge in [-0.1, -0.05) is 18.9 Å². The van der Waals surface area contributed by atoms with Gasteiger partial charge in [0.1, 0.15) is 5.75 Å². The molecule has 1 aliphatic rings. The van der Waals surface area contributed by atoms with Crippen LogP contribution in [-0.4, -0.2) is 12.1 Å². The number of benzene rings is 1. The van der Waals surface area contributed by atoms with Gasteiger partial charge in [-0.3, -0.25) is 0 Å². The van der Waals surface area contributed by atoms with Gasteiger partial charge >= 0.3 is 0 Å². The predicted octanol–water partition coefficient (Wildman–Crippen LogP) is 3.83. The van der Waals surface area contributed by atoms with Crippen molar-refractivity contribution in [1.29, 1.82) is 0 Å². The lowest BCUT2D eigenvalue weighted by atomic mass is 10.0. The third-order valence-electron chi connectivity index (χ3n) is 3.66. The lowest BCUT2D eigenvalue weighted by molar-refractivity contribution is 0.420. The molecule has 16 heavy (non-hydrogen) atoms. The molecule has 0 amide bonds. The van der Waals surface area contributed by atoms with Gasteiger partial charge in [0.05, 0.1) is 7.11 Å². The topological polar surface area (TPSA) is 25.0 Å². The molecular formula is C14H17NO. The summed E-state index contributed by atoms with van der Waals surface area (Å²) in [4.78, 5) is 3.53. The molecule has 2 nitrogen and oxygen atoms in total. The molecule has 1 fully saturated rings. The summed E-state index contributed by atoms with van der Waals surface area (Å²) in [6, 6.07) is 8.45. The molecule has 1 aromatic carbocycles. The minimum absolute atomic E-state index is 0.733. The molecule has 0 saturated heterocycles. The van der Waals surface area contributed by atoms with Crippen LogP contribution in [0, 0.1) is 0 Å². The van der Waals surface area contributed by atoms with Crippen LogP contribution < -0.4 is 4.74 Å². The van der Waals surface area contributed by atoms with Crippen LogP contribution >= 0.6 is 0 Å². The second kappa shape index (κ2) is 3.85. The quantitative estimate of drug-likeness (QED) is 0.809. The number of aromatic amines is 1. The summed E-state index contributed by atoms with van der Waals surface area (Å²) in [5.41, 5.74) is 2.58. The Hall–Kier alpha value is -1.44. The Morgan fingerprint density at radius 3 is 2.81 bits per heavy atom. The van der Waals surface area contributed by atoms with Gasteiger partial charge in [0.15, 0.2) is 0 Å². The highest BCUT2D eigenvalue weighted by Crippen LogP contribution is 2.36. The molecular weight excluding hydrogens is 198 g/mol. The second-order valence-corrected chi connectivity index (χ2v) is 4.63. The van der Waals surface area contributed by atoms with E-state index >= 15 is 0 Å². The van der Waals surface area contributed by atoms with Crippen molar-refractivity contribution < 1.29 is 4.74 Å².